The standard InChI is InChI=1S/C7H13NO2S/c1-3-9-6(8)5-7(11)10-4-2/h5H,3-4,8H2,1-2H3/b6-5+. The van der Waals surface area contributed by atoms with Crippen LogP contribution in [0, 0.1) is 0 Å². The van der Waals surface area contributed by atoms with Gasteiger partial charge in [-0.1, -0.05) is 0 Å². The van der Waals surface area contributed by atoms with Gasteiger partial charge in [-0.05, 0) is 26.1 Å². The first-order valence-corrected chi connectivity index (χ1v) is 3.88. The van der Waals surface area contributed by atoms with Crippen molar-refractivity contribution < 1.29 is 9.47 Å². The van der Waals surface area contributed by atoms with Crippen molar-refractivity contribution in [1.29, 1.82) is 0 Å². The molecule has 4 heteroatoms. The summed E-state index contributed by atoms with van der Waals surface area (Å²) in [5.74, 6) is 0.297. The van der Waals surface area contributed by atoms with Gasteiger partial charge in [-0.25, -0.2) is 0 Å². The van der Waals surface area contributed by atoms with Gasteiger partial charge in [0, 0.05) is 0 Å². The number of rotatable bonds is 4. The molecule has 0 bridgehead atoms. The minimum absolute atomic E-state index is 0.297. The Kier molecular flexibility index (Phi) is 5.56. The SMILES string of the molecule is CCOC(=S)/C=C(\N)OCC. The predicted octanol–water partition coefficient (Wildman–Crippen LogP) is 1.19. The van der Waals surface area contributed by atoms with E-state index >= 15 is 0 Å². The fourth-order valence-corrected chi connectivity index (χ4v) is 0.742. The number of nitrogens with two attached hydrogens (primary N) is 1. The Morgan fingerprint density at radius 2 is 1.91 bits per heavy atom. The Balaban J connectivity index is 3.76. The summed E-state index contributed by atoms with van der Waals surface area (Å²) in [5.41, 5.74) is 5.39. The molecule has 0 aromatic rings. The molecular formula is C7H13NO2S. The maximum Gasteiger partial charge on any atom is 0.189 e. The molecule has 0 saturated heterocycles. The van der Waals surface area contributed by atoms with Crippen LogP contribution in [0.15, 0.2) is 12.0 Å². The zero-order valence-corrected chi connectivity index (χ0v) is 7.61. The first-order chi connectivity index (χ1) is 5.20. The van der Waals surface area contributed by atoms with Crippen LogP contribution in [0.25, 0.3) is 0 Å². The molecule has 0 heterocycles. The van der Waals surface area contributed by atoms with Crippen molar-refractivity contribution in [3.8, 4) is 0 Å². The second-order valence-corrected chi connectivity index (χ2v) is 2.13. The van der Waals surface area contributed by atoms with E-state index in [9.17, 15) is 0 Å². The van der Waals surface area contributed by atoms with Gasteiger partial charge in [0.15, 0.2) is 10.9 Å². The molecule has 0 atom stereocenters. The quantitative estimate of drug-likeness (QED) is 0.396. The van der Waals surface area contributed by atoms with Crippen molar-refractivity contribution >= 4 is 17.3 Å². The monoisotopic (exact) mass is 175 g/mol. The molecule has 11 heavy (non-hydrogen) atoms. The minimum atomic E-state index is 0.297. The Morgan fingerprint density at radius 3 is 2.36 bits per heavy atom. The highest BCUT2D eigenvalue weighted by Gasteiger charge is 1.93. The second kappa shape index (κ2) is 5.97. The summed E-state index contributed by atoms with van der Waals surface area (Å²) >= 11 is 4.78. The molecule has 0 rings (SSSR count). The molecule has 0 unspecified atom stereocenters. The molecular weight excluding hydrogens is 162 g/mol. The van der Waals surface area contributed by atoms with Crippen molar-refractivity contribution in [3.05, 3.63) is 12.0 Å². The summed E-state index contributed by atoms with van der Waals surface area (Å²) in [7, 11) is 0. The van der Waals surface area contributed by atoms with Crippen LogP contribution in [0.2, 0.25) is 0 Å². The van der Waals surface area contributed by atoms with Gasteiger partial charge in [0.05, 0.1) is 19.3 Å². The topological polar surface area (TPSA) is 44.5 Å². The Morgan fingerprint density at radius 1 is 1.36 bits per heavy atom. The zero-order valence-electron chi connectivity index (χ0n) is 6.79. The van der Waals surface area contributed by atoms with Crippen molar-refractivity contribution in [2.45, 2.75) is 13.8 Å². The predicted molar refractivity (Wildman–Crippen MR) is 48.1 cm³/mol. The maximum atomic E-state index is 5.39. The van der Waals surface area contributed by atoms with E-state index in [2.05, 4.69) is 0 Å². The fourth-order valence-electron chi connectivity index (χ4n) is 0.508. The first kappa shape index (κ1) is 10.2. The third kappa shape index (κ3) is 5.66. The highest BCUT2D eigenvalue weighted by atomic mass is 32.1. The molecule has 0 aliphatic carbocycles. The van der Waals surface area contributed by atoms with Crippen LogP contribution in [-0.2, 0) is 9.47 Å². The van der Waals surface area contributed by atoms with Gasteiger partial charge >= 0.3 is 0 Å². The molecule has 0 radical (unpaired) electrons. The van der Waals surface area contributed by atoms with E-state index in [1.807, 2.05) is 13.8 Å². The minimum Gasteiger partial charge on any atom is -0.483 e. The Bertz CT molecular complexity index is 157. The largest absolute Gasteiger partial charge is 0.483 e. The van der Waals surface area contributed by atoms with Crippen LogP contribution in [0.1, 0.15) is 13.8 Å². The lowest BCUT2D eigenvalue weighted by Gasteiger charge is -2.03. The molecule has 0 fully saturated rings. The van der Waals surface area contributed by atoms with E-state index < -0.39 is 0 Å². The third-order valence-electron chi connectivity index (χ3n) is 0.858. The summed E-state index contributed by atoms with van der Waals surface area (Å²) in [5, 5.41) is 0.360. The van der Waals surface area contributed by atoms with Crippen molar-refractivity contribution in [3.63, 3.8) is 0 Å². The van der Waals surface area contributed by atoms with Crippen LogP contribution in [0.5, 0.6) is 0 Å². The van der Waals surface area contributed by atoms with E-state index in [4.69, 9.17) is 27.4 Å². The Labute approximate surface area is 72.2 Å². The van der Waals surface area contributed by atoms with Crippen molar-refractivity contribution in [1.82, 2.24) is 0 Å². The van der Waals surface area contributed by atoms with Gasteiger partial charge in [0.2, 0.25) is 0 Å². The van der Waals surface area contributed by atoms with Gasteiger partial charge in [-0.15, -0.1) is 0 Å². The van der Waals surface area contributed by atoms with E-state index in [-0.39, 0.29) is 0 Å². The third-order valence-corrected chi connectivity index (χ3v) is 1.09. The van der Waals surface area contributed by atoms with Crippen molar-refractivity contribution in [2.24, 2.45) is 5.73 Å². The van der Waals surface area contributed by atoms with Gasteiger partial charge < -0.3 is 15.2 Å². The summed E-state index contributed by atoms with van der Waals surface area (Å²) in [4.78, 5) is 0. The first-order valence-electron chi connectivity index (χ1n) is 3.47. The van der Waals surface area contributed by atoms with E-state index in [1.165, 1.54) is 6.08 Å². The average molecular weight is 175 g/mol. The van der Waals surface area contributed by atoms with Gasteiger partial charge in [-0.2, -0.15) is 0 Å². The number of thiocarbonyl (C=S) groups is 1. The van der Waals surface area contributed by atoms with Crippen LogP contribution >= 0.6 is 12.2 Å². The van der Waals surface area contributed by atoms with Crippen LogP contribution in [0.3, 0.4) is 0 Å². The fraction of sp³-hybridized carbons (Fsp3) is 0.571. The lowest BCUT2D eigenvalue weighted by atomic mass is 10.6. The van der Waals surface area contributed by atoms with Gasteiger partial charge in [0.25, 0.3) is 0 Å². The highest BCUT2D eigenvalue weighted by molar-refractivity contribution is 7.80. The molecule has 0 spiro atoms. The summed E-state index contributed by atoms with van der Waals surface area (Å²) in [6.07, 6.45) is 1.49. The van der Waals surface area contributed by atoms with Crippen LogP contribution < -0.4 is 5.73 Å². The van der Waals surface area contributed by atoms with E-state index in [0.29, 0.717) is 24.1 Å². The lowest BCUT2D eigenvalue weighted by molar-refractivity contribution is 0.225. The number of hydrogen-bond acceptors (Lipinski definition) is 4. The van der Waals surface area contributed by atoms with E-state index in [1.54, 1.807) is 0 Å². The molecule has 0 saturated carbocycles. The van der Waals surface area contributed by atoms with Gasteiger partial charge in [0.1, 0.15) is 0 Å². The number of ether oxygens (including phenoxy) is 2. The summed E-state index contributed by atoms with van der Waals surface area (Å²) in [6.45, 7) is 4.80. The van der Waals surface area contributed by atoms with Gasteiger partial charge in [-0.3, -0.25) is 0 Å². The normalized spacial score (nSPS) is 10.9. The molecule has 0 aliphatic rings. The number of hydrogen-bond donors (Lipinski definition) is 1. The molecule has 0 amide bonds. The Hall–Kier alpha value is -0.770. The summed E-state index contributed by atoms with van der Waals surface area (Å²) in [6, 6.07) is 0. The van der Waals surface area contributed by atoms with Crippen LogP contribution in [0.4, 0.5) is 0 Å². The van der Waals surface area contributed by atoms with Crippen molar-refractivity contribution in [2.75, 3.05) is 13.2 Å². The highest BCUT2D eigenvalue weighted by Crippen LogP contribution is 1.91. The molecule has 0 aromatic heterocycles. The smallest absolute Gasteiger partial charge is 0.189 e. The second-order valence-electron chi connectivity index (χ2n) is 1.73. The average Bonchev–Trinajstić information content (AvgIpc) is 1.87. The molecule has 0 aromatic carbocycles. The van der Waals surface area contributed by atoms with E-state index in [0.717, 1.165) is 0 Å². The molecule has 2 N–H and O–H groups in total. The maximum absolute atomic E-state index is 5.39. The van der Waals surface area contributed by atoms with Crippen LogP contribution in [-0.4, -0.2) is 18.3 Å². The lowest BCUT2D eigenvalue weighted by Crippen LogP contribution is -2.07. The zero-order chi connectivity index (χ0) is 8.69. The summed E-state index contributed by atoms with van der Waals surface area (Å²) < 4.78 is 9.88. The molecule has 0 aliphatic heterocycles. The molecule has 64 valence electrons. The molecule has 3 nitrogen and oxygen atoms in total.